The lowest BCUT2D eigenvalue weighted by Gasteiger charge is -2.28. The molecule has 0 radical (unpaired) electrons. The van der Waals surface area contributed by atoms with Crippen molar-refractivity contribution >= 4 is 17.3 Å². The van der Waals surface area contributed by atoms with Gasteiger partial charge in [-0.3, -0.25) is 14.9 Å². The van der Waals surface area contributed by atoms with Crippen molar-refractivity contribution < 1.29 is 14.8 Å². The minimum Gasteiger partial charge on any atom is -0.480 e. The van der Waals surface area contributed by atoms with E-state index in [9.17, 15) is 14.9 Å². The number of anilines is 1. The Hall–Kier alpha value is -2.15. The van der Waals surface area contributed by atoms with Gasteiger partial charge < -0.3 is 15.7 Å². The SMILES string of the molecule is N[C@H](C(=O)O)c1ccc(N2CCCCC2)c([N+](=O)[O-])c1. The predicted octanol–water partition coefficient (Wildman–Crippen LogP) is 1.67. The van der Waals surface area contributed by atoms with Crippen LogP contribution in [0.5, 0.6) is 0 Å². The number of carboxylic acids is 1. The second-order valence-corrected chi connectivity index (χ2v) is 4.87. The van der Waals surface area contributed by atoms with Gasteiger partial charge in [0.15, 0.2) is 0 Å². The summed E-state index contributed by atoms with van der Waals surface area (Å²) in [5, 5.41) is 20.1. The molecule has 7 nitrogen and oxygen atoms in total. The number of hydrogen-bond donors (Lipinski definition) is 2. The number of benzene rings is 1. The summed E-state index contributed by atoms with van der Waals surface area (Å²) in [5.41, 5.74) is 6.20. The molecule has 1 heterocycles. The monoisotopic (exact) mass is 279 g/mol. The molecule has 1 fully saturated rings. The Balaban J connectivity index is 2.37. The van der Waals surface area contributed by atoms with Gasteiger partial charge >= 0.3 is 5.97 Å². The van der Waals surface area contributed by atoms with Gasteiger partial charge in [-0.1, -0.05) is 6.07 Å². The van der Waals surface area contributed by atoms with E-state index >= 15 is 0 Å². The number of hydrogen-bond acceptors (Lipinski definition) is 5. The highest BCUT2D eigenvalue weighted by Crippen LogP contribution is 2.32. The molecule has 0 spiro atoms. The Bertz CT molecular complexity index is 526. The van der Waals surface area contributed by atoms with Crippen LogP contribution in [0.1, 0.15) is 30.9 Å². The van der Waals surface area contributed by atoms with E-state index in [0.717, 1.165) is 32.4 Å². The quantitative estimate of drug-likeness (QED) is 0.640. The molecular formula is C13H17N3O4. The van der Waals surface area contributed by atoms with E-state index in [4.69, 9.17) is 10.8 Å². The third-order valence-electron chi connectivity index (χ3n) is 3.52. The van der Waals surface area contributed by atoms with E-state index in [2.05, 4.69) is 0 Å². The van der Waals surface area contributed by atoms with Crippen LogP contribution in [0.25, 0.3) is 0 Å². The Morgan fingerprint density at radius 3 is 2.55 bits per heavy atom. The van der Waals surface area contributed by atoms with Crippen molar-refractivity contribution in [2.75, 3.05) is 18.0 Å². The average Bonchev–Trinajstić information content (AvgIpc) is 2.46. The smallest absolute Gasteiger partial charge is 0.325 e. The fourth-order valence-electron chi connectivity index (χ4n) is 2.42. The first kappa shape index (κ1) is 14.3. The summed E-state index contributed by atoms with van der Waals surface area (Å²) in [6.07, 6.45) is 3.15. The molecule has 0 unspecified atom stereocenters. The maximum absolute atomic E-state index is 11.2. The third kappa shape index (κ3) is 2.88. The topological polar surface area (TPSA) is 110 Å². The highest BCUT2D eigenvalue weighted by atomic mass is 16.6. The molecule has 3 N–H and O–H groups in total. The van der Waals surface area contributed by atoms with E-state index in [1.807, 2.05) is 4.90 Å². The standard InChI is InChI=1S/C13H17N3O4/c14-12(13(17)18)9-4-5-10(11(8-9)16(19)20)15-6-2-1-3-7-15/h4-5,8,12H,1-3,6-7,14H2,(H,17,18)/t12-/m0/s1. The second kappa shape index (κ2) is 5.87. The maximum Gasteiger partial charge on any atom is 0.325 e. The van der Waals surface area contributed by atoms with Gasteiger partial charge in [-0.15, -0.1) is 0 Å². The second-order valence-electron chi connectivity index (χ2n) is 4.87. The molecule has 0 amide bonds. The Morgan fingerprint density at radius 2 is 2.00 bits per heavy atom. The summed E-state index contributed by atoms with van der Waals surface area (Å²) in [6.45, 7) is 1.57. The van der Waals surface area contributed by atoms with Gasteiger partial charge in [0.2, 0.25) is 0 Å². The minimum absolute atomic E-state index is 0.0823. The lowest BCUT2D eigenvalue weighted by atomic mass is 10.0. The first-order valence-corrected chi connectivity index (χ1v) is 6.52. The zero-order valence-electron chi connectivity index (χ0n) is 11.0. The summed E-state index contributed by atoms with van der Waals surface area (Å²) in [4.78, 5) is 23.5. The Labute approximate surface area is 116 Å². The molecule has 7 heteroatoms. The number of nitro groups is 1. The number of nitro benzene ring substituents is 1. The van der Waals surface area contributed by atoms with Gasteiger partial charge in [-0.2, -0.15) is 0 Å². The van der Waals surface area contributed by atoms with Crippen LogP contribution in [0.4, 0.5) is 11.4 Å². The number of carbonyl (C=O) groups is 1. The zero-order valence-corrected chi connectivity index (χ0v) is 11.0. The predicted molar refractivity (Wildman–Crippen MR) is 73.7 cm³/mol. The van der Waals surface area contributed by atoms with Crippen LogP contribution >= 0.6 is 0 Å². The van der Waals surface area contributed by atoms with Crippen LogP contribution in [-0.4, -0.2) is 29.1 Å². The summed E-state index contributed by atoms with van der Waals surface area (Å²) in [5.74, 6) is -1.20. The van der Waals surface area contributed by atoms with E-state index in [-0.39, 0.29) is 11.3 Å². The van der Waals surface area contributed by atoms with Gasteiger partial charge in [0.25, 0.3) is 5.69 Å². The molecule has 0 aliphatic carbocycles. The Kier molecular flexibility index (Phi) is 4.19. The van der Waals surface area contributed by atoms with Crippen molar-refractivity contribution in [3.05, 3.63) is 33.9 Å². The van der Waals surface area contributed by atoms with Crippen LogP contribution < -0.4 is 10.6 Å². The first-order chi connectivity index (χ1) is 9.50. The third-order valence-corrected chi connectivity index (χ3v) is 3.52. The van der Waals surface area contributed by atoms with Crippen molar-refractivity contribution in [2.24, 2.45) is 5.73 Å². The van der Waals surface area contributed by atoms with E-state index in [1.165, 1.54) is 6.07 Å². The molecule has 0 bridgehead atoms. The van der Waals surface area contributed by atoms with Crippen molar-refractivity contribution in [3.63, 3.8) is 0 Å². The van der Waals surface area contributed by atoms with Crippen LogP contribution in [0.15, 0.2) is 18.2 Å². The number of carboxylic acid groups (broad SMARTS) is 1. The summed E-state index contributed by atoms with van der Waals surface area (Å²) >= 11 is 0. The molecule has 1 aliphatic rings. The summed E-state index contributed by atoms with van der Waals surface area (Å²) in [6, 6.07) is 3.17. The molecule has 0 saturated carbocycles. The molecule has 1 saturated heterocycles. The fourth-order valence-corrected chi connectivity index (χ4v) is 2.42. The van der Waals surface area contributed by atoms with Gasteiger partial charge in [-0.25, -0.2) is 0 Å². The van der Waals surface area contributed by atoms with Crippen molar-refractivity contribution in [1.29, 1.82) is 0 Å². The molecule has 1 aliphatic heterocycles. The van der Waals surface area contributed by atoms with E-state index in [0.29, 0.717) is 5.69 Å². The molecule has 1 aromatic carbocycles. The van der Waals surface area contributed by atoms with Crippen LogP contribution in [0.2, 0.25) is 0 Å². The van der Waals surface area contributed by atoms with Crippen LogP contribution in [0.3, 0.4) is 0 Å². The molecule has 0 aromatic heterocycles. The maximum atomic E-state index is 11.2. The summed E-state index contributed by atoms with van der Waals surface area (Å²) < 4.78 is 0. The zero-order chi connectivity index (χ0) is 14.7. The van der Waals surface area contributed by atoms with Gasteiger partial charge in [0.05, 0.1) is 4.92 Å². The number of rotatable bonds is 4. The fraction of sp³-hybridized carbons (Fsp3) is 0.462. The normalized spacial score (nSPS) is 16.8. The molecule has 2 rings (SSSR count). The lowest BCUT2D eigenvalue weighted by Crippen LogP contribution is -2.30. The first-order valence-electron chi connectivity index (χ1n) is 6.52. The highest BCUT2D eigenvalue weighted by molar-refractivity contribution is 5.77. The van der Waals surface area contributed by atoms with Crippen molar-refractivity contribution in [3.8, 4) is 0 Å². The largest absolute Gasteiger partial charge is 0.480 e. The van der Waals surface area contributed by atoms with Crippen LogP contribution in [0, 0.1) is 10.1 Å². The molecule has 1 atom stereocenters. The number of aliphatic carboxylic acids is 1. The van der Waals surface area contributed by atoms with E-state index < -0.39 is 16.9 Å². The van der Waals surface area contributed by atoms with Crippen LogP contribution in [-0.2, 0) is 4.79 Å². The molecule has 20 heavy (non-hydrogen) atoms. The average molecular weight is 279 g/mol. The summed E-state index contributed by atoms with van der Waals surface area (Å²) in [7, 11) is 0. The highest BCUT2D eigenvalue weighted by Gasteiger charge is 2.24. The van der Waals surface area contributed by atoms with Gasteiger partial charge in [0, 0.05) is 19.2 Å². The molecular weight excluding hydrogens is 262 g/mol. The van der Waals surface area contributed by atoms with Gasteiger partial charge in [-0.05, 0) is 30.9 Å². The van der Waals surface area contributed by atoms with E-state index in [1.54, 1.807) is 12.1 Å². The van der Waals surface area contributed by atoms with Gasteiger partial charge in [0.1, 0.15) is 11.7 Å². The minimum atomic E-state index is -1.25. The lowest BCUT2D eigenvalue weighted by molar-refractivity contribution is -0.384. The number of nitrogens with two attached hydrogens (primary N) is 1. The van der Waals surface area contributed by atoms with Crippen molar-refractivity contribution in [1.82, 2.24) is 0 Å². The van der Waals surface area contributed by atoms with Crippen molar-refractivity contribution in [2.45, 2.75) is 25.3 Å². The Morgan fingerprint density at radius 1 is 1.35 bits per heavy atom. The molecule has 108 valence electrons. The number of piperidine rings is 1. The molecule has 1 aromatic rings. The number of nitrogens with zero attached hydrogens (tertiary/aromatic N) is 2.